The summed E-state index contributed by atoms with van der Waals surface area (Å²) in [6, 6.07) is 1.68. The summed E-state index contributed by atoms with van der Waals surface area (Å²) in [6.07, 6.45) is 3.68. The van der Waals surface area contributed by atoms with Crippen molar-refractivity contribution < 1.29 is 4.55 Å². The summed E-state index contributed by atoms with van der Waals surface area (Å²) in [6.45, 7) is 0. The first-order valence-electron chi connectivity index (χ1n) is 3.93. The van der Waals surface area contributed by atoms with Crippen molar-refractivity contribution in [1.82, 2.24) is 4.98 Å². The highest BCUT2D eigenvalue weighted by molar-refractivity contribution is 7.81. The molecule has 1 aromatic rings. The van der Waals surface area contributed by atoms with Crippen molar-refractivity contribution in [3.05, 3.63) is 28.0 Å². The topological polar surface area (TPSA) is 69.3 Å². The average Bonchev–Trinajstić information content (AvgIpc) is 2.20. The Morgan fingerprint density at radius 2 is 2.33 bits per heavy atom. The van der Waals surface area contributed by atoms with E-state index in [1.165, 1.54) is 0 Å². The molecule has 0 saturated carbocycles. The van der Waals surface area contributed by atoms with E-state index in [0.717, 1.165) is 5.56 Å². The smallest absolute Gasteiger partial charge is 0.214 e. The van der Waals surface area contributed by atoms with Crippen LogP contribution in [0.5, 0.6) is 0 Å². The number of pyridine rings is 1. The molecule has 0 aliphatic heterocycles. The Morgan fingerprint density at radius 1 is 1.60 bits per heavy atom. The van der Waals surface area contributed by atoms with Crippen molar-refractivity contribution >= 4 is 34.2 Å². The molecule has 4 nitrogen and oxygen atoms in total. The van der Waals surface area contributed by atoms with E-state index in [2.05, 4.69) is 9.35 Å². The van der Waals surface area contributed by atoms with Crippen LogP contribution in [0.4, 0.5) is 0 Å². The first-order valence-corrected chi connectivity index (χ1v) is 5.99. The van der Waals surface area contributed by atoms with Gasteiger partial charge in [-0.25, -0.2) is 4.98 Å². The molecule has 80 valence electrons. The molecule has 0 aliphatic rings. The highest BCUT2D eigenvalue weighted by Gasteiger charge is 2.01. The van der Waals surface area contributed by atoms with E-state index in [-0.39, 0.29) is 5.15 Å². The van der Waals surface area contributed by atoms with Gasteiger partial charge in [0.15, 0.2) is 0 Å². The summed E-state index contributed by atoms with van der Waals surface area (Å²) in [4.78, 5) is 3.86. The maximum atomic E-state index is 9.19. The molecule has 7 heteroatoms. The number of aryl methyl sites for hydroxylation is 1. The van der Waals surface area contributed by atoms with Gasteiger partial charge in [-0.15, -0.1) is 4.36 Å². The molecule has 1 N–H and O–H groups in total. The van der Waals surface area contributed by atoms with Crippen LogP contribution in [-0.2, 0) is 17.4 Å². The van der Waals surface area contributed by atoms with Crippen LogP contribution in [0, 0.1) is 11.5 Å². The van der Waals surface area contributed by atoms with E-state index in [9.17, 15) is 4.55 Å². The third kappa shape index (κ3) is 4.14. The molecular formula is C8H7Cl2N3OS. The van der Waals surface area contributed by atoms with Gasteiger partial charge in [0.25, 0.3) is 0 Å². The maximum absolute atomic E-state index is 9.19. The lowest BCUT2D eigenvalue weighted by atomic mass is 10.2. The number of rotatable bonds is 3. The predicted octanol–water partition coefficient (Wildman–Crippen LogP) is 2.69. The summed E-state index contributed by atoms with van der Waals surface area (Å²) >= 11 is 11.4. The van der Waals surface area contributed by atoms with Gasteiger partial charge in [0.05, 0.1) is 5.02 Å². The van der Waals surface area contributed by atoms with Crippen LogP contribution in [0.3, 0.4) is 0 Å². The Kier molecular flexibility index (Phi) is 4.99. The molecule has 0 amide bonds. The number of nitriles is 1. The van der Waals surface area contributed by atoms with Crippen molar-refractivity contribution in [3.63, 3.8) is 0 Å². The van der Waals surface area contributed by atoms with Crippen LogP contribution < -0.4 is 0 Å². The SMILES string of the molecule is N#CN=S(O)CCc1cnc(Cl)c(Cl)c1. The normalized spacial score (nSPS) is 12.4. The zero-order chi connectivity index (χ0) is 11.3. The van der Waals surface area contributed by atoms with Crippen LogP contribution in [0.1, 0.15) is 5.56 Å². The first kappa shape index (κ1) is 12.4. The molecule has 1 rings (SSSR count). The fourth-order valence-corrected chi connectivity index (χ4v) is 1.80. The van der Waals surface area contributed by atoms with E-state index in [0.29, 0.717) is 17.2 Å². The quantitative estimate of drug-likeness (QED) is 0.674. The van der Waals surface area contributed by atoms with Gasteiger partial charge >= 0.3 is 0 Å². The predicted molar refractivity (Wildman–Crippen MR) is 60.9 cm³/mol. The van der Waals surface area contributed by atoms with Gasteiger partial charge in [-0.1, -0.05) is 23.2 Å². The van der Waals surface area contributed by atoms with Crippen LogP contribution >= 0.6 is 23.2 Å². The van der Waals surface area contributed by atoms with Gasteiger partial charge in [-0.05, 0) is 18.1 Å². The minimum Gasteiger partial charge on any atom is -0.321 e. The van der Waals surface area contributed by atoms with E-state index in [4.69, 9.17) is 28.5 Å². The fraction of sp³-hybridized carbons (Fsp3) is 0.250. The Balaban J connectivity index is 2.63. The van der Waals surface area contributed by atoms with E-state index in [1.54, 1.807) is 18.5 Å². The number of hydrogen-bond donors (Lipinski definition) is 1. The molecule has 1 unspecified atom stereocenters. The van der Waals surface area contributed by atoms with Gasteiger partial charge in [0, 0.05) is 22.9 Å². The van der Waals surface area contributed by atoms with E-state index >= 15 is 0 Å². The van der Waals surface area contributed by atoms with Crippen molar-refractivity contribution in [2.75, 3.05) is 5.75 Å². The Bertz CT molecular complexity index is 430. The van der Waals surface area contributed by atoms with Gasteiger partial charge in [0.2, 0.25) is 6.19 Å². The van der Waals surface area contributed by atoms with Gasteiger partial charge in [-0.2, -0.15) is 5.26 Å². The summed E-state index contributed by atoms with van der Waals surface area (Å²) in [5, 5.41) is 8.83. The van der Waals surface area contributed by atoms with Crippen LogP contribution in [0.15, 0.2) is 16.6 Å². The third-order valence-electron chi connectivity index (χ3n) is 1.57. The Labute approximate surface area is 99.8 Å². The standard InChI is InChI=1S/C8H7Cl2N3OS/c9-7-3-6(4-12-8(7)10)1-2-15(14)13-5-11/h3-4H,1-2H2,(H,13,14). The summed E-state index contributed by atoms with van der Waals surface area (Å²) in [5.74, 6) is 0.382. The zero-order valence-corrected chi connectivity index (χ0v) is 9.85. The summed E-state index contributed by atoms with van der Waals surface area (Å²) in [7, 11) is -1.22. The fourth-order valence-electron chi connectivity index (χ4n) is 0.899. The Morgan fingerprint density at radius 3 is 2.93 bits per heavy atom. The van der Waals surface area contributed by atoms with Crippen LogP contribution in [0.25, 0.3) is 0 Å². The minimum absolute atomic E-state index is 0.255. The lowest BCUT2D eigenvalue weighted by Crippen LogP contribution is -1.99. The molecule has 0 aliphatic carbocycles. The number of halogens is 2. The second kappa shape index (κ2) is 6.03. The largest absolute Gasteiger partial charge is 0.321 e. The second-order valence-electron chi connectivity index (χ2n) is 2.60. The van der Waals surface area contributed by atoms with Gasteiger partial charge < -0.3 is 4.55 Å². The molecular weight excluding hydrogens is 257 g/mol. The number of hydrogen-bond acceptors (Lipinski definition) is 3. The average molecular weight is 264 g/mol. The van der Waals surface area contributed by atoms with Gasteiger partial charge in [0.1, 0.15) is 5.15 Å². The molecule has 0 bridgehead atoms. The van der Waals surface area contributed by atoms with E-state index in [1.807, 2.05) is 0 Å². The minimum atomic E-state index is -1.22. The van der Waals surface area contributed by atoms with Gasteiger partial charge in [-0.3, -0.25) is 0 Å². The molecule has 0 saturated heterocycles. The highest BCUT2D eigenvalue weighted by Crippen LogP contribution is 2.19. The molecule has 0 aromatic carbocycles. The van der Waals surface area contributed by atoms with Crippen molar-refractivity contribution in [3.8, 4) is 6.19 Å². The molecule has 0 radical (unpaired) electrons. The lowest BCUT2D eigenvalue weighted by Gasteiger charge is -2.01. The van der Waals surface area contributed by atoms with Crippen LogP contribution in [0.2, 0.25) is 10.2 Å². The van der Waals surface area contributed by atoms with Crippen molar-refractivity contribution in [2.24, 2.45) is 4.36 Å². The molecule has 0 spiro atoms. The summed E-state index contributed by atoms with van der Waals surface area (Å²) in [5.41, 5.74) is 0.851. The monoisotopic (exact) mass is 263 g/mol. The molecule has 0 fully saturated rings. The second-order valence-corrected chi connectivity index (χ2v) is 4.64. The van der Waals surface area contributed by atoms with Crippen molar-refractivity contribution in [1.29, 1.82) is 5.26 Å². The third-order valence-corrected chi connectivity index (χ3v) is 3.12. The Hall–Kier alpha value is -0.670. The first-order chi connectivity index (χ1) is 7.13. The lowest BCUT2D eigenvalue weighted by molar-refractivity contribution is 0.647. The molecule has 15 heavy (non-hydrogen) atoms. The van der Waals surface area contributed by atoms with E-state index < -0.39 is 11.0 Å². The highest BCUT2D eigenvalue weighted by atomic mass is 35.5. The number of nitrogens with zero attached hydrogens (tertiary/aromatic N) is 3. The molecule has 1 heterocycles. The maximum Gasteiger partial charge on any atom is 0.214 e. The van der Waals surface area contributed by atoms with Crippen LogP contribution in [-0.4, -0.2) is 15.3 Å². The number of aromatic nitrogens is 1. The summed E-state index contributed by atoms with van der Waals surface area (Å²) < 4.78 is 12.5. The zero-order valence-electron chi connectivity index (χ0n) is 7.52. The molecule has 1 aromatic heterocycles. The van der Waals surface area contributed by atoms with Crippen molar-refractivity contribution in [2.45, 2.75) is 6.42 Å². The molecule has 1 atom stereocenters.